The van der Waals surface area contributed by atoms with Crippen LogP contribution >= 0.6 is 12.4 Å². The molecule has 0 aliphatic rings. The molecule has 1 unspecified atom stereocenters. The molecule has 1 atom stereocenters. The summed E-state index contributed by atoms with van der Waals surface area (Å²) in [4.78, 5) is 4.06. The van der Waals surface area contributed by atoms with Gasteiger partial charge >= 0.3 is 0 Å². The fraction of sp³-hybridized carbons (Fsp3) is 0.158. The van der Waals surface area contributed by atoms with Gasteiger partial charge in [0.25, 0.3) is 0 Å². The molecule has 1 N–H and O–H groups in total. The van der Waals surface area contributed by atoms with E-state index in [2.05, 4.69) is 47.6 Å². The van der Waals surface area contributed by atoms with Crippen LogP contribution in [-0.2, 0) is 6.54 Å². The van der Waals surface area contributed by atoms with E-state index in [4.69, 9.17) is 5.26 Å². The molecule has 2 aromatic carbocycles. The SMILES string of the molecule is CC(NCc1cccc(C#N)c1)c1ccc(-n2ccnc2)cc1.Cl. The molecule has 5 heteroatoms. The first-order valence-corrected chi connectivity index (χ1v) is 7.57. The van der Waals surface area contributed by atoms with E-state index in [1.54, 1.807) is 12.5 Å². The average Bonchev–Trinajstić information content (AvgIpc) is 3.14. The van der Waals surface area contributed by atoms with Crippen LogP contribution in [-0.4, -0.2) is 9.55 Å². The first kappa shape index (κ1) is 17.7. The molecule has 0 saturated carbocycles. The zero-order chi connectivity index (χ0) is 16.1. The zero-order valence-corrected chi connectivity index (χ0v) is 14.2. The smallest absolute Gasteiger partial charge is 0.0991 e. The lowest BCUT2D eigenvalue weighted by atomic mass is 10.1. The minimum atomic E-state index is 0. The molecule has 1 heterocycles. The molecule has 1 aromatic heterocycles. The Morgan fingerprint density at radius 3 is 2.67 bits per heavy atom. The first-order chi connectivity index (χ1) is 11.3. The van der Waals surface area contributed by atoms with Crippen LogP contribution in [0, 0.1) is 11.3 Å². The topological polar surface area (TPSA) is 53.6 Å². The Hall–Kier alpha value is -2.61. The van der Waals surface area contributed by atoms with Crippen LogP contribution in [0.2, 0.25) is 0 Å². The summed E-state index contributed by atoms with van der Waals surface area (Å²) in [5.74, 6) is 0. The van der Waals surface area contributed by atoms with E-state index in [-0.39, 0.29) is 18.4 Å². The van der Waals surface area contributed by atoms with E-state index in [9.17, 15) is 0 Å². The summed E-state index contributed by atoms with van der Waals surface area (Å²) in [5.41, 5.74) is 4.14. The highest BCUT2D eigenvalue weighted by Crippen LogP contribution is 2.16. The Labute approximate surface area is 148 Å². The Morgan fingerprint density at radius 2 is 2.00 bits per heavy atom. The second-order valence-corrected chi connectivity index (χ2v) is 5.48. The summed E-state index contributed by atoms with van der Waals surface area (Å²) >= 11 is 0. The Morgan fingerprint density at radius 1 is 1.21 bits per heavy atom. The first-order valence-electron chi connectivity index (χ1n) is 7.57. The molecule has 4 nitrogen and oxygen atoms in total. The molecule has 0 saturated heterocycles. The minimum Gasteiger partial charge on any atom is -0.306 e. The Bertz CT molecular complexity index is 804. The molecule has 0 radical (unpaired) electrons. The van der Waals surface area contributed by atoms with E-state index in [0.717, 1.165) is 17.8 Å². The summed E-state index contributed by atoms with van der Waals surface area (Å²) in [5, 5.41) is 12.4. The number of aromatic nitrogens is 2. The molecular formula is C19H19ClN4. The van der Waals surface area contributed by atoms with Gasteiger partial charge in [0.15, 0.2) is 0 Å². The third-order valence-electron chi connectivity index (χ3n) is 3.86. The number of nitriles is 1. The van der Waals surface area contributed by atoms with Crippen molar-refractivity contribution in [3.05, 3.63) is 83.9 Å². The monoisotopic (exact) mass is 338 g/mol. The van der Waals surface area contributed by atoms with Crippen molar-refractivity contribution in [2.24, 2.45) is 0 Å². The van der Waals surface area contributed by atoms with Crippen LogP contribution in [0.4, 0.5) is 0 Å². The molecule has 0 aliphatic heterocycles. The van der Waals surface area contributed by atoms with Gasteiger partial charge in [-0.25, -0.2) is 4.98 Å². The highest BCUT2D eigenvalue weighted by Gasteiger charge is 2.06. The summed E-state index contributed by atoms with van der Waals surface area (Å²) in [6.45, 7) is 2.88. The maximum Gasteiger partial charge on any atom is 0.0991 e. The molecule has 0 bridgehead atoms. The molecule has 0 fully saturated rings. The number of rotatable bonds is 5. The van der Waals surface area contributed by atoms with Crippen molar-refractivity contribution in [2.45, 2.75) is 19.5 Å². The summed E-state index contributed by atoms with van der Waals surface area (Å²) < 4.78 is 1.98. The Kier molecular flexibility index (Phi) is 6.14. The third-order valence-corrected chi connectivity index (χ3v) is 3.86. The fourth-order valence-electron chi connectivity index (χ4n) is 2.49. The zero-order valence-electron chi connectivity index (χ0n) is 13.4. The van der Waals surface area contributed by atoms with Crippen molar-refractivity contribution in [2.75, 3.05) is 0 Å². The van der Waals surface area contributed by atoms with Gasteiger partial charge in [-0.15, -0.1) is 12.4 Å². The number of hydrogen-bond acceptors (Lipinski definition) is 3. The number of hydrogen-bond donors (Lipinski definition) is 1. The Balaban J connectivity index is 0.00000208. The second kappa shape index (κ2) is 8.30. The molecule has 0 amide bonds. The maximum atomic E-state index is 8.94. The third kappa shape index (κ3) is 4.23. The normalized spacial score (nSPS) is 11.3. The van der Waals surface area contributed by atoms with Crippen molar-refractivity contribution in [3.63, 3.8) is 0 Å². The number of imidazole rings is 1. The van der Waals surface area contributed by atoms with Crippen molar-refractivity contribution >= 4 is 12.4 Å². The van der Waals surface area contributed by atoms with Crippen LogP contribution < -0.4 is 5.32 Å². The van der Waals surface area contributed by atoms with Crippen molar-refractivity contribution < 1.29 is 0 Å². The quantitative estimate of drug-likeness (QED) is 0.764. The molecule has 0 aliphatic carbocycles. The molecule has 3 aromatic rings. The molecule has 24 heavy (non-hydrogen) atoms. The standard InChI is InChI=1S/C19H18N4.ClH/c1-15(22-13-17-4-2-3-16(11-17)12-20)18-5-7-19(8-6-18)23-10-9-21-14-23;/h2-11,14-15,22H,13H2,1H3;1H. The summed E-state index contributed by atoms with van der Waals surface area (Å²) in [6.07, 6.45) is 5.49. The van der Waals surface area contributed by atoms with E-state index < -0.39 is 0 Å². The fourth-order valence-corrected chi connectivity index (χ4v) is 2.49. The number of halogens is 1. The second-order valence-electron chi connectivity index (χ2n) is 5.48. The van der Waals surface area contributed by atoms with Crippen LogP contribution in [0.5, 0.6) is 0 Å². The predicted molar refractivity (Wildman–Crippen MR) is 97.2 cm³/mol. The highest BCUT2D eigenvalue weighted by molar-refractivity contribution is 5.85. The molecule has 122 valence electrons. The number of benzene rings is 2. The van der Waals surface area contributed by atoms with Gasteiger partial charge in [-0.05, 0) is 42.3 Å². The van der Waals surface area contributed by atoms with Crippen LogP contribution in [0.15, 0.2) is 67.3 Å². The van der Waals surface area contributed by atoms with E-state index in [0.29, 0.717) is 5.56 Å². The van der Waals surface area contributed by atoms with Gasteiger partial charge in [-0.1, -0.05) is 24.3 Å². The lowest BCUT2D eigenvalue weighted by Crippen LogP contribution is -2.18. The van der Waals surface area contributed by atoms with Crippen molar-refractivity contribution in [1.82, 2.24) is 14.9 Å². The van der Waals surface area contributed by atoms with Crippen LogP contribution in [0.1, 0.15) is 29.7 Å². The summed E-state index contributed by atoms with van der Waals surface area (Å²) in [7, 11) is 0. The molecule has 3 rings (SSSR count). The lowest BCUT2D eigenvalue weighted by Gasteiger charge is -2.15. The minimum absolute atomic E-state index is 0. The van der Waals surface area contributed by atoms with Crippen molar-refractivity contribution in [3.8, 4) is 11.8 Å². The van der Waals surface area contributed by atoms with Gasteiger partial charge in [0, 0.05) is 30.7 Å². The van der Waals surface area contributed by atoms with E-state index in [1.165, 1.54) is 5.56 Å². The van der Waals surface area contributed by atoms with Gasteiger partial charge in [0.1, 0.15) is 0 Å². The van der Waals surface area contributed by atoms with E-state index in [1.807, 2.05) is 35.0 Å². The summed E-state index contributed by atoms with van der Waals surface area (Å²) in [6, 6.07) is 18.5. The van der Waals surface area contributed by atoms with Gasteiger partial charge in [0.05, 0.1) is 18.0 Å². The van der Waals surface area contributed by atoms with Gasteiger partial charge < -0.3 is 9.88 Å². The predicted octanol–water partition coefficient (Wildman–Crippen LogP) is 4.02. The largest absolute Gasteiger partial charge is 0.306 e. The lowest BCUT2D eigenvalue weighted by molar-refractivity contribution is 0.574. The maximum absolute atomic E-state index is 8.94. The highest BCUT2D eigenvalue weighted by atomic mass is 35.5. The van der Waals surface area contributed by atoms with Gasteiger partial charge in [0.2, 0.25) is 0 Å². The molecule has 0 spiro atoms. The number of nitrogens with zero attached hydrogens (tertiary/aromatic N) is 3. The average molecular weight is 339 g/mol. The van der Waals surface area contributed by atoms with E-state index >= 15 is 0 Å². The van der Waals surface area contributed by atoms with Gasteiger partial charge in [-0.2, -0.15) is 5.26 Å². The van der Waals surface area contributed by atoms with Crippen LogP contribution in [0.3, 0.4) is 0 Å². The van der Waals surface area contributed by atoms with Crippen molar-refractivity contribution in [1.29, 1.82) is 5.26 Å². The number of nitrogens with one attached hydrogen (secondary N) is 1. The van der Waals surface area contributed by atoms with Crippen LogP contribution in [0.25, 0.3) is 5.69 Å². The van der Waals surface area contributed by atoms with Gasteiger partial charge in [-0.3, -0.25) is 0 Å². The molecular weight excluding hydrogens is 320 g/mol.